The second-order valence-electron chi connectivity index (χ2n) is 10.9. The zero-order valence-corrected chi connectivity index (χ0v) is 25.9. The SMILES string of the molecule is CCOC(=O)c1cccc(N(C(=O)Cn2nnc3ccccc32)[C@H](C(=O)NC(C)(C)C)c2cc(OC)c(OC)c(OC)c2)c1. The zero-order chi connectivity index (χ0) is 32.0. The number of carbonyl (C=O) groups is 3. The lowest BCUT2D eigenvalue weighted by atomic mass is 9.99. The lowest BCUT2D eigenvalue weighted by Gasteiger charge is -2.34. The Labute approximate surface area is 255 Å². The summed E-state index contributed by atoms with van der Waals surface area (Å²) in [6, 6.07) is 15.6. The van der Waals surface area contributed by atoms with Crippen molar-refractivity contribution in [1.82, 2.24) is 20.3 Å². The number of rotatable bonds is 11. The number of esters is 1. The second-order valence-corrected chi connectivity index (χ2v) is 10.9. The van der Waals surface area contributed by atoms with E-state index in [9.17, 15) is 14.4 Å². The largest absolute Gasteiger partial charge is 0.493 e. The van der Waals surface area contributed by atoms with Gasteiger partial charge in [0.05, 0.1) is 39.0 Å². The molecule has 3 aromatic carbocycles. The second kappa shape index (κ2) is 13.4. The van der Waals surface area contributed by atoms with Crippen LogP contribution in [0.2, 0.25) is 0 Å². The number of amides is 2. The molecule has 0 spiro atoms. The van der Waals surface area contributed by atoms with E-state index < -0.39 is 29.4 Å². The number of anilines is 1. The number of nitrogens with one attached hydrogen (secondary N) is 1. The molecule has 2 amide bonds. The van der Waals surface area contributed by atoms with E-state index in [4.69, 9.17) is 18.9 Å². The minimum atomic E-state index is -1.25. The van der Waals surface area contributed by atoms with Crippen LogP contribution in [-0.4, -0.2) is 66.3 Å². The van der Waals surface area contributed by atoms with Crippen molar-refractivity contribution in [3.8, 4) is 17.2 Å². The van der Waals surface area contributed by atoms with Gasteiger partial charge in [-0.1, -0.05) is 23.4 Å². The molecule has 0 aliphatic rings. The van der Waals surface area contributed by atoms with Gasteiger partial charge in [0.1, 0.15) is 18.1 Å². The molecule has 0 aliphatic carbocycles. The van der Waals surface area contributed by atoms with Gasteiger partial charge in [-0.3, -0.25) is 14.5 Å². The summed E-state index contributed by atoms with van der Waals surface area (Å²) in [6.45, 7) is 7.14. The van der Waals surface area contributed by atoms with Crippen molar-refractivity contribution in [3.05, 3.63) is 71.8 Å². The minimum Gasteiger partial charge on any atom is -0.493 e. The summed E-state index contributed by atoms with van der Waals surface area (Å²) in [7, 11) is 4.41. The molecule has 12 nitrogen and oxygen atoms in total. The number of benzene rings is 3. The molecule has 0 saturated carbocycles. The van der Waals surface area contributed by atoms with Crippen LogP contribution in [0.3, 0.4) is 0 Å². The predicted molar refractivity (Wildman–Crippen MR) is 164 cm³/mol. The summed E-state index contributed by atoms with van der Waals surface area (Å²) in [5, 5.41) is 11.4. The molecule has 1 heterocycles. The van der Waals surface area contributed by atoms with Gasteiger partial charge in [-0.2, -0.15) is 0 Å². The van der Waals surface area contributed by atoms with E-state index in [1.165, 1.54) is 37.0 Å². The van der Waals surface area contributed by atoms with Crippen LogP contribution < -0.4 is 24.4 Å². The van der Waals surface area contributed by atoms with Crippen molar-refractivity contribution < 1.29 is 33.3 Å². The molecule has 232 valence electrons. The van der Waals surface area contributed by atoms with Crippen LogP contribution in [-0.2, 0) is 20.9 Å². The van der Waals surface area contributed by atoms with Gasteiger partial charge in [-0.05, 0) is 75.7 Å². The van der Waals surface area contributed by atoms with Crippen molar-refractivity contribution >= 4 is 34.5 Å². The fourth-order valence-electron chi connectivity index (χ4n) is 4.79. The maximum atomic E-state index is 14.4. The van der Waals surface area contributed by atoms with Crippen LogP contribution in [0.25, 0.3) is 11.0 Å². The van der Waals surface area contributed by atoms with E-state index in [1.54, 1.807) is 49.4 Å². The van der Waals surface area contributed by atoms with E-state index in [2.05, 4.69) is 15.6 Å². The van der Waals surface area contributed by atoms with E-state index in [0.29, 0.717) is 33.8 Å². The molecule has 0 radical (unpaired) electrons. The Bertz CT molecular complexity index is 1640. The number of para-hydroxylation sites is 1. The van der Waals surface area contributed by atoms with Crippen LogP contribution in [0.5, 0.6) is 17.2 Å². The van der Waals surface area contributed by atoms with Crippen LogP contribution in [0.1, 0.15) is 49.7 Å². The first-order valence-corrected chi connectivity index (χ1v) is 14.0. The molecule has 0 aliphatic heterocycles. The molecular formula is C32H37N5O7. The molecule has 0 bridgehead atoms. The molecular weight excluding hydrogens is 566 g/mol. The number of aromatic nitrogens is 3. The quantitative estimate of drug-likeness (QED) is 0.249. The van der Waals surface area contributed by atoms with Gasteiger partial charge < -0.3 is 24.3 Å². The molecule has 0 fully saturated rings. The third kappa shape index (κ3) is 6.91. The maximum absolute atomic E-state index is 14.4. The molecule has 0 unspecified atom stereocenters. The predicted octanol–water partition coefficient (Wildman–Crippen LogP) is 4.32. The Hall–Kier alpha value is -5.13. The highest BCUT2D eigenvalue weighted by molar-refractivity contribution is 6.03. The number of carbonyl (C=O) groups excluding carboxylic acids is 3. The van der Waals surface area contributed by atoms with Gasteiger partial charge >= 0.3 is 5.97 Å². The summed E-state index contributed by atoms with van der Waals surface area (Å²) < 4.78 is 23.3. The molecule has 1 aromatic heterocycles. The van der Waals surface area contributed by atoms with Crippen molar-refractivity contribution in [2.45, 2.75) is 45.8 Å². The van der Waals surface area contributed by atoms with Crippen LogP contribution in [0, 0.1) is 0 Å². The van der Waals surface area contributed by atoms with E-state index >= 15 is 0 Å². The molecule has 1 atom stereocenters. The Morgan fingerprint density at radius 1 is 0.932 bits per heavy atom. The third-order valence-corrected chi connectivity index (χ3v) is 6.62. The number of methoxy groups -OCH3 is 3. The topological polar surface area (TPSA) is 134 Å². The summed E-state index contributed by atoms with van der Waals surface area (Å²) in [5.41, 5.74) is 1.48. The number of ether oxygens (including phenoxy) is 4. The fourth-order valence-corrected chi connectivity index (χ4v) is 4.79. The highest BCUT2D eigenvalue weighted by Crippen LogP contribution is 2.42. The molecule has 4 rings (SSSR count). The van der Waals surface area contributed by atoms with Crippen molar-refractivity contribution in [3.63, 3.8) is 0 Å². The van der Waals surface area contributed by atoms with Gasteiger partial charge in [-0.25, -0.2) is 9.48 Å². The highest BCUT2D eigenvalue weighted by Gasteiger charge is 2.36. The molecule has 4 aromatic rings. The first kappa shape index (κ1) is 31.8. The van der Waals surface area contributed by atoms with E-state index in [1.807, 2.05) is 32.9 Å². The van der Waals surface area contributed by atoms with Crippen molar-refractivity contribution in [2.75, 3.05) is 32.8 Å². The number of hydrogen-bond donors (Lipinski definition) is 1. The van der Waals surface area contributed by atoms with Gasteiger partial charge in [-0.15, -0.1) is 5.10 Å². The summed E-state index contributed by atoms with van der Waals surface area (Å²) in [4.78, 5) is 42.7. The van der Waals surface area contributed by atoms with Gasteiger partial charge in [0.25, 0.3) is 0 Å². The van der Waals surface area contributed by atoms with Crippen LogP contribution >= 0.6 is 0 Å². The zero-order valence-electron chi connectivity index (χ0n) is 25.9. The molecule has 12 heteroatoms. The average molecular weight is 604 g/mol. The normalized spacial score (nSPS) is 11.9. The van der Waals surface area contributed by atoms with Crippen LogP contribution in [0.4, 0.5) is 5.69 Å². The van der Waals surface area contributed by atoms with Gasteiger partial charge in [0.2, 0.25) is 17.6 Å². The fraction of sp³-hybridized carbons (Fsp3) is 0.344. The summed E-state index contributed by atoms with van der Waals surface area (Å²) >= 11 is 0. The Morgan fingerprint density at radius 2 is 1.61 bits per heavy atom. The number of fused-ring (bicyclic) bond motifs is 1. The third-order valence-electron chi connectivity index (χ3n) is 6.62. The average Bonchev–Trinajstić information content (AvgIpc) is 3.40. The van der Waals surface area contributed by atoms with Crippen molar-refractivity contribution in [2.24, 2.45) is 0 Å². The summed E-state index contributed by atoms with van der Waals surface area (Å²) in [6.07, 6.45) is 0. The van der Waals surface area contributed by atoms with E-state index in [-0.39, 0.29) is 24.4 Å². The molecule has 1 N–H and O–H groups in total. The molecule has 44 heavy (non-hydrogen) atoms. The Balaban J connectivity index is 1.95. The molecule has 0 saturated heterocycles. The Kier molecular flexibility index (Phi) is 9.72. The lowest BCUT2D eigenvalue weighted by molar-refractivity contribution is -0.128. The lowest BCUT2D eigenvalue weighted by Crippen LogP contribution is -2.50. The smallest absolute Gasteiger partial charge is 0.338 e. The van der Waals surface area contributed by atoms with E-state index in [0.717, 1.165) is 0 Å². The Morgan fingerprint density at radius 3 is 2.23 bits per heavy atom. The number of nitrogens with zero attached hydrogens (tertiary/aromatic N) is 4. The van der Waals surface area contributed by atoms with Crippen LogP contribution in [0.15, 0.2) is 60.7 Å². The standard InChI is InChI=1S/C32H37N5O7/c1-8-44-31(40)20-12-11-13-22(16-20)37(27(38)19-36-24-15-10-9-14-23(24)34-35-36)28(30(39)33-32(2,3)4)21-17-25(41-5)29(43-7)26(18-21)42-6/h9-18,28H,8,19H2,1-7H3,(H,33,39)/t28-/m0/s1. The highest BCUT2D eigenvalue weighted by atomic mass is 16.5. The number of hydrogen-bond acceptors (Lipinski definition) is 9. The van der Waals surface area contributed by atoms with Gasteiger partial charge in [0, 0.05) is 11.2 Å². The van der Waals surface area contributed by atoms with Gasteiger partial charge in [0.15, 0.2) is 11.5 Å². The maximum Gasteiger partial charge on any atom is 0.338 e. The summed E-state index contributed by atoms with van der Waals surface area (Å²) in [5.74, 6) is -0.622. The monoisotopic (exact) mass is 603 g/mol. The first-order chi connectivity index (χ1) is 21.0. The minimum absolute atomic E-state index is 0.174. The first-order valence-electron chi connectivity index (χ1n) is 14.0. The van der Waals surface area contributed by atoms with Crippen molar-refractivity contribution in [1.29, 1.82) is 0 Å².